The summed E-state index contributed by atoms with van der Waals surface area (Å²) >= 11 is 0. The quantitative estimate of drug-likeness (QED) is 0.676. The van der Waals surface area contributed by atoms with Gasteiger partial charge in [0.05, 0.1) is 12.5 Å². The van der Waals surface area contributed by atoms with Gasteiger partial charge in [0, 0.05) is 12.6 Å². The Balaban J connectivity index is 2.55. The molecule has 1 unspecified atom stereocenters. The van der Waals surface area contributed by atoms with Crippen LogP contribution in [-0.4, -0.2) is 24.0 Å². The molecule has 1 aliphatic heterocycles. The third-order valence-corrected chi connectivity index (χ3v) is 3.45. The summed E-state index contributed by atoms with van der Waals surface area (Å²) in [6.07, 6.45) is 12.1. The smallest absolute Gasteiger partial charge is 0.0638 e. The lowest BCUT2D eigenvalue weighted by molar-refractivity contribution is 0.167. The molecule has 1 heterocycles. The van der Waals surface area contributed by atoms with Crippen LogP contribution in [0.1, 0.15) is 46.0 Å². The topological polar surface area (TPSA) is 27.0 Å². The van der Waals surface area contributed by atoms with Gasteiger partial charge in [-0.25, -0.2) is 0 Å². The summed E-state index contributed by atoms with van der Waals surface area (Å²) in [5.74, 6) is 0. The Kier molecular flexibility index (Phi) is 6.65. The summed E-state index contributed by atoms with van der Waals surface area (Å²) in [6, 6.07) is 2.80. The van der Waals surface area contributed by atoms with Gasteiger partial charge in [0.1, 0.15) is 0 Å². The van der Waals surface area contributed by atoms with Gasteiger partial charge < -0.3 is 0 Å². The molecule has 94 valence electrons. The van der Waals surface area contributed by atoms with Gasteiger partial charge in [0.25, 0.3) is 0 Å². The zero-order valence-corrected chi connectivity index (χ0v) is 11.2. The van der Waals surface area contributed by atoms with E-state index in [0.717, 1.165) is 19.5 Å². The van der Waals surface area contributed by atoms with E-state index < -0.39 is 0 Å². The normalized spacial score (nSPS) is 22.9. The zero-order chi connectivity index (χ0) is 12.5. The molecule has 0 radical (unpaired) electrons. The van der Waals surface area contributed by atoms with Gasteiger partial charge in [-0.1, -0.05) is 37.1 Å². The van der Waals surface area contributed by atoms with Gasteiger partial charge in [-0.05, 0) is 32.7 Å². The SMILES string of the molecule is C/C=C\C(=C/CN1CCCCC1CC#N)CC. The van der Waals surface area contributed by atoms with Gasteiger partial charge in [-0.15, -0.1) is 0 Å². The monoisotopic (exact) mass is 232 g/mol. The van der Waals surface area contributed by atoms with E-state index in [2.05, 4.69) is 43.0 Å². The molecule has 0 aliphatic carbocycles. The van der Waals surface area contributed by atoms with E-state index in [1.165, 1.54) is 24.8 Å². The Morgan fingerprint density at radius 1 is 1.47 bits per heavy atom. The molecule has 0 amide bonds. The molecule has 2 nitrogen and oxygen atoms in total. The van der Waals surface area contributed by atoms with E-state index in [1.807, 2.05) is 0 Å². The molecule has 0 N–H and O–H groups in total. The van der Waals surface area contributed by atoms with Crippen molar-refractivity contribution < 1.29 is 0 Å². The Bertz CT molecular complexity index is 309. The lowest BCUT2D eigenvalue weighted by Gasteiger charge is -2.33. The van der Waals surface area contributed by atoms with Crippen LogP contribution in [0, 0.1) is 11.3 Å². The van der Waals surface area contributed by atoms with Crippen molar-refractivity contribution in [1.29, 1.82) is 5.26 Å². The highest BCUT2D eigenvalue weighted by atomic mass is 15.2. The van der Waals surface area contributed by atoms with E-state index in [9.17, 15) is 0 Å². The first-order valence-electron chi connectivity index (χ1n) is 6.74. The van der Waals surface area contributed by atoms with Crippen molar-refractivity contribution in [3.05, 3.63) is 23.8 Å². The minimum absolute atomic E-state index is 0.480. The zero-order valence-electron chi connectivity index (χ0n) is 11.2. The molecule has 0 aromatic rings. The standard InChI is InChI=1S/C15H24N2/c1-3-7-14(4-2)10-13-17-12-6-5-8-15(17)9-11-16/h3,7,10,15H,4-6,8-9,12-13H2,1-2H3/b7-3-,14-10-. The molecule has 0 bridgehead atoms. The molecule has 1 rings (SSSR count). The van der Waals surface area contributed by atoms with Gasteiger partial charge in [0.2, 0.25) is 0 Å². The fourth-order valence-corrected chi connectivity index (χ4v) is 2.42. The molecule has 0 aromatic carbocycles. The van der Waals surface area contributed by atoms with Crippen LogP contribution in [0.15, 0.2) is 23.8 Å². The van der Waals surface area contributed by atoms with Crippen LogP contribution in [0.3, 0.4) is 0 Å². The molecule has 0 aromatic heterocycles. The first-order valence-corrected chi connectivity index (χ1v) is 6.74. The third kappa shape index (κ3) is 4.75. The largest absolute Gasteiger partial charge is 0.296 e. The van der Waals surface area contributed by atoms with Crippen LogP contribution in [0.5, 0.6) is 0 Å². The van der Waals surface area contributed by atoms with Crippen LogP contribution in [0.2, 0.25) is 0 Å². The van der Waals surface area contributed by atoms with Crippen LogP contribution < -0.4 is 0 Å². The van der Waals surface area contributed by atoms with Crippen molar-refractivity contribution >= 4 is 0 Å². The predicted octanol–water partition coefficient (Wildman–Crippen LogP) is 3.67. The van der Waals surface area contributed by atoms with E-state index in [0.29, 0.717) is 12.5 Å². The van der Waals surface area contributed by atoms with Crippen molar-refractivity contribution in [1.82, 2.24) is 4.90 Å². The molecule has 2 heteroatoms. The Hall–Kier alpha value is -1.07. The maximum Gasteiger partial charge on any atom is 0.0638 e. The van der Waals surface area contributed by atoms with E-state index in [1.54, 1.807) is 0 Å². The van der Waals surface area contributed by atoms with Gasteiger partial charge in [-0.2, -0.15) is 5.26 Å². The molecule has 1 fully saturated rings. The Morgan fingerprint density at radius 2 is 2.29 bits per heavy atom. The van der Waals surface area contributed by atoms with E-state index >= 15 is 0 Å². The highest BCUT2D eigenvalue weighted by Crippen LogP contribution is 2.19. The second-order valence-corrected chi connectivity index (χ2v) is 4.64. The second kappa shape index (κ2) is 8.08. The lowest BCUT2D eigenvalue weighted by atomic mass is 9.99. The fraction of sp³-hybridized carbons (Fsp3) is 0.667. The van der Waals surface area contributed by atoms with Gasteiger partial charge in [-0.3, -0.25) is 4.90 Å². The van der Waals surface area contributed by atoms with Crippen LogP contribution in [0.4, 0.5) is 0 Å². The number of nitriles is 1. The van der Waals surface area contributed by atoms with E-state index in [-0.39, 0.29) is 0 Å². The van der Waals surface area contributed by atoms with Crippen molar-refractivity contribution in [2.24, 2.45) is 0 Å². The van der Waals surface area contributed by atoms with Gasteiger partial charge >= 0.3 is 0 Å². The van der Waals surface area contributed by atoms with Crippen molar-refractivity contribution in [2.75, 3.05) is 13.1 Å². The molecule has 0 spiro atoms. The summed E-state index contributed by atoms with van der Waals surface area (Å²) in [4.78, 5) is 2.46. The number of likely N-dealkylation sites (tertiary alicyclic amines) is 1. The molecule has 1 atom stereocenters. The van der Waals surface area contributed by atoms with Crippen LogP contribution in [-0.2, 0) is 0 Å². The van der Waals surface area contributed by atoms with Gasteiger partial charge in [0.15, 0.2) is 0 Å². The highest BCUT2D eigenvalue weighted by molar-refractivity contribution is 5.18. The van der Waals surface area contributed by atoms with Crippen molar-refractivity contribution in [2.45, 2.75) is 52.0 Å². The lowest BCUT2D eigenvalue weighted by Crippen LogP contribution is -2.39. The number of nitrogens with zero attached hydrogens (tertiary/aromatic N) is 2. The number of rotatable bonds is 5. The number of hydrogen-bond donors (Lipinski definition) is 0. The average Bonchev–Trinajstić information content (AvgIpc) is 2.36. The summed E-state index contributed by atoms with van der Waals surface area (Å²) in [5.41, 5.74) is 1.40. The summed E-state index contributed by atoms with van der Waals surface area (Å²) < 4.78 is 0. The molecular formula is C15H24N2. The van der Waals surface area contributed by atoms with E-state index in [4.69, 9.17) is 5.26 Å². The molecule has 1 saturated heterocycles. The maximum atomic E-state index is 8.84. The molecule has 0 saturated carbocycles. The van der Waals surface area contributed by atoms with Crippen molar-refractivity contribution in [3.8, 4) is 6.07 Å². The molecular weight excluding hydrogens is 208 g/mol. The summed E-state index contributed by atoms with van der Waals surface area (Å²) in [7, 11) is 0. The Labute approximate surface area is 106 Å². The number of hydrogen-bond acceptors (Lipinski definition) is 2. The number of piperidine rings is 1. The minimum Gasteiger partial charge on any atom is -0.296 e. The average molecular weight is 232 g/mol. The predicted molar refractivity (Wildman–Crippen MR) is 72.6 cm³/mol. The van der Waals surface area contributed by atoms with Crippen molar-refractivity contribution in [3.63, 3.8) is 0 Å². The van der Waals surface area contributed by atoms with Crippen LogP contribution in [0.25, 0.3) is 0 Å². The molecule has 1 aliphatic rings. The summed E-state index contributed by atoms with van der Waals surface area (Å²) in [5, 5.41) is 8.84. The van der Waals surface area contributed by atoms with Crippen LogP contribution >= 0.6 is 0 Å². The fourth-order valence-electron chi connectivity index (χ4n) is 2.42. The molecule has 17 heavy (non-hydrogen) atoms. The highest BCUT2D eigenvalue weighted by Gasteiger charge is 2.20. The Morgan fingerprint density at radius 3 is 2.94 bits per heavy atom. The first kappa shape index (κ1) is 14.0. The first-order chi connectivity index (χ1) is 8.31. The minimum atomic E-state index is 0.480. The third-order valence-electron chi connectivity index (χ3n) is 3.45. The summed E-state index contributed by atoms with van der Waals surface area (Å²) in [6.45, 7) is 6.40. The maximum absolute atomic E-state index is 8.84. The number of allylic oxidation sites excluding steroid dienone is 3. The second-order valence-electron chi connectivity index (χ2n) is 4.64.